The maximum Gasteiger partial charge on any atom is 0.271 e. The van der Waals surface area contributed by atoms with Crippen molar-refractivity contribution in [1.29, 1.82) is 0 Å². The van der Waals surface area contributed by atoms with Gasteiger partial charge in [-0.25, -0.2) is 9.97 Å². The molecule has 0 bridgehead atoms. The number of hydrogen-bond acceptors (Lipinski definition) is 4. The molecule has 1 amide bonds. The summed E-state index contributed by atoms with van der Waals surface area (Å²) in [5, 5.41) is 6.68. The standard InChI is InChI=1S/C17H21ClN4O/c1-3-4-5-9-19-17(23)15-10-21-16(11-20-15)22-14-8-6-7-13(18)12(14)2/h6-8,10-11H,3-5,9H2,1-2H3,(H,19,23)(H,21,22). The Morgan fingerprint density at radius 2 is 2.04 bits per heavy atom. The number of hydrogen-bond donors (Lipinski definition) is 2. The zero-order valence-electron chi connectivity index (χ0n) is 13.4. The minimum atomic E-state index is -0.195. The van der Waals surface area contributed by atoms with Gasteiger partial charge >= 0.3 is 0 Å². The summed E-state index contributed by atoms with van der Waals surface area (Å²) in [6.45, 7) is 4.72. The molecule has 0 radical (unpaired) electrons. The minimum Gasteiger partial charge on any atom is -0.351 e. The van der Waals surface area contributed by atoms with Crippen molar-refractivity contribution in [3.05, 3.63) is 46.9 Å². The Kier molecular flexibility index (Phi) is 6.35. The lowest BCUT2D eigenvalue weighted by molar-refractivity contribution is 0.0947. The van der Waals surface area contributed by atoms with Crippen LogP contribution in [0.5, 0.6) is 0 Å². The Hall–Kier alpha value is -2.14. The smallest absolute Gasteiger partial charge is 0.271 e. The van der Waals surface area contributed by atoms with Crippen molar-refractivity contribution < 1.29 is 4.79 Å². The van der Waals surface area contributed by atoms with Crippen LogP contribution >= 0.6 is 11.6 Å². The van der Waals surface area contributed by atoms with Crippen LogP contribution in [0.2, 0.25) is 5.02 Å². The SMILES string of the molecule is CCCCCNC(=O)c1cnc(Nc2cccc(Cl)c2C)cn1. The van der Waals surface area contributed by atoms with Crippen molar-refractivity contribution in [1.82, 2.24) is 15.3 Å². The van der Waals surface area contributed by atoms with Gasteiger partial charge in [0.2, 0.25) is 0 Å². The van der Waals surface area contributed by atoms with Gasteiger partial charge in [0.15, 0.2) is 0 Å². The van der Waals surface area contributed by atoms with Gasteiger partial charge in [0.05, 0.1) is 12.4 Å². The largest absolute Gasteiger partial charge is 0.351 e. The quantitative estimate of drug-likeness (QED) is 0.749. The Labute approximate surface area is 141 Å². The number of nitrogens with zero attached hydrogens (tertiary/aromatic N) is 2. The molecule has 1 heterocycles. The molecule has 2 rings (SSSR count). The number of halogens is 1. The first-order chi connectivity index (χ1) is 11.1. The Morgan fingerprint density at radius 1 is 1.22 bits per heavy atom. The van der Waals surface area contributed by atoms with E-state index in [4.69, 9.17) is 11.6 Å². The van der Waals surface area contributed by atoms with Crippen LogP contribution in [0.3, 0.4) is 0 Å². The summed E-state index contributed by atoms with van der Waals surface area (Å²) in [5.74, 6) is 0.372. The summed E-state index contributed by atoms with van der Waals surface area (Å²) < 4.78 is 0. The molecule has 0 aliphatic carbocycles. The zero-order chi connectivity index (χ0) is 16.7. The van der Waals surface area contributed by atoms with E-state index in [2.05, 4.69) is 27.5 Å². The number of carbonyl (C=O) groups is 1. The molecule has 1 aromatic carbocycles. The second-order valence-corrected chi connectivity index (χ2v) is 5.69. The Morgan fingerprint density at radius 3 is 2.74 bits per heavy atom. The fraction of sp³-hybridized carbons (Fsp3) is 0.353. The number of anilines is 2. The van der Waals surface area contributed by atoms with E-state index in [1.807, 2.05) is 25.1 Å². The van der Waals surface area contributed by atoms with E-state index in [0.29, 0.717) is 23.1 Å². The van der Waals surface area contributed by atoms with E-state index in [0.717, 1.165) is 30.5 Å². The normalized spacial score (nSPS) is 10.4. The molecule has 0 aliphatic heterocycles. The molecule has 0 fully saturated rings. The molecule has 2 N–H and O–H groups in total. The number of aromatic nitrogens is 2. The first kappa shape index (κ1) is 17.2. The van der Waals surface area contributed by atoms with Crippen LogP contribution in [0.1, 0.15) is 42.2 Å². The summed E-state index contributed by atoms with van der Waals surface area (Å²) in [6, 6.07) is 5.61. The van der Waals surface area contributed by atoms with Crippen LogP contribution in [0.15, 0.2) is 30.6 Å². The second kappa shape index (κ2) is 8.48. The molecule has 0 atom stereocenters. The van der Waals surface area contributed by atoms with E-state index in [1.165, 1.54) is 6.20 Å². The molecule has 0 spiro atoms. The summed E-state index contributed by atoms with van der Waals surface area (Å²) >= 11 is 6.09. The lowest BCUT2D eigenvalue weighted by Crippen LogP contribution is -2.25. The highest BCUT2D eigenvalue weighted by atomic mass is 35.5. The first-order valence-corrected chi connectivity index (χ1v) is 8.12. The van der Waals surface area contributed by atoms with Gasteiger partial charge in [-0.15, -0.1) is 0 Å². The molecule has 6 heteroatoms. The van der Waals surface area contributed by atoms with Crippen LogP contribution in [0.4, 0.5) is 11.5 Å². The Balaban J connectivity index is 1.96. The van der Waals surface area contributed by atoms with E-state index in [-0.39, 0.29) is 5.91 Å². The van der Waals surface area contributed by atoms with Gasteiger partial charge in [0, 0.05) is 17.3 Å². The molecular weight excluding hydrogens is 312 g/mol. The number of benzene rings is 1. The predicted octanol–water partition coefficient (Wildman–Crippen LogP) is 4.10. The lowest BCUT2D eigenvalue weighted by atomic mass is 10.2. The van der Waals surface area contributed by atoms with Crippen LogP contribution in [-0.2, 0) is 0 Å². The van der Waals surface area contributed by atoms with E-state index in [1.54, 1.807) is 6.20 Å². The van der Waals surface area contributed by atoms with Crippen LogP contribution in [0, 0.1) is 6.92 Å². The van der Waals surface area contributed by atoms with E-state index < -0.39 is 0 Å². The highest BCUT2D eigenvalue weighted by Crippen LogP contribution is 2.25. The highest BCUT2D eigenvalue weighted by molar-refractivity contribution is 6.31. The second-order valence-electron chi connectivity index (χ2n) is 5.29. The van der Waals surface area contributed by atoms with Gasteiger partial charge in [-0.3, -0.25) is 4.79 Å². The number of carbonyl (C=O) groups excluding carboxylic acids is 1. The average molecular weight is 333 g/mol. The van der Waals surface area contributed by atoms with Crippen molar-refractivity contribution in [2.75, 3.05) is 11.9 Å². The van der Waals surface area contributed by atoms with Gasteiger partial charge in [-0.05, 0) is 31.0 Å². The van der Waals surface area contributed by atoms with Gasteiger partial charge in [-0.1, -0.05) is 37.4 Å². The van der Waals surface area contributed by atoms with Crippen molar-refractivity contribution in [3.63, 3.8) is 0 Å². The molecule has 0 saturated heterocycles. The third-order valence-electron chi connectivity index (χ3n) is 3.48. The fourth-order valence-electron chi connectivity index (χ4n) is 2.06. The molecule has 5 nitrogen and oxygen atoms in total. The number of nitrogens with one attached hydrogen (secondary N) is 2. The summed E-state index contributed by atoms with van der Waals surface area (Å²) in [6.07, 6.45) is 6.22. The molecule has 0 saturated carbocycles. The molecule has 23 heavy (non-hydrogen) atoms. The monoisotopic (exact) mass is 332 g/mol. The Bertz CT molecular complexity index is 658. The van der Waals surface area contributed by atoms with Crippen LogP contribution in [-0.4, -0.2) is 22.4 Å². The maximum absolute atomic E-state index is 11.9. The maximum atomic E-state index is 11.9. The fourth-order valence-corrected chi connectivity index (χ4v) is 2.23. The predicted molar refractivity (Wildman–Crippen MR) is 93.4 cm³/mol. The first-order valence-electron chi connectivity index (χ1n) is 7.74. The number of unbranched alkanes of at least 4 members (excludes halogenated alkanes) is 2. The lowest BCUT2D eigenvalue weighted by Gasteiger charge is -2.10. The van der Waals surface area contributed by atoms with Gasteiger partial charge in [0.1, 0.15) is 11.5 Å². The molecule has 122 valence electrons. The van der Waals surface area contributed by atoms with E-state index in [9.17, 15) is 4.79 Å². The number of amides is 1. The molecular formula is C17H21ClN4O. The summed E-state index contributed by atoms with van der Waals surface area (Å²) in [5.41, 5.74) is 2.12. The zero-order valence-corrected chi connectivity index (χ0v) is 14.2. The average Bonchev–Trinajstić information content (AvgIpc) is 2.56. The molecule has 2 aromatic rings. The van der Waals surface area contributed by atoms with Gasteiger partial charge in [0.25, 0.3) is 5.91 Å². The topological polar surface area (TPSA) is 66.9 Å². The van der Waals surface area contributed by atoms with E-state index >= 15 is 0 Å². The third kappa shape index (κ3) is 4.93. The molecule has 1 aromatic heterocycles. The highest BCUT2D eigenvalue weighted by Gasteiger charge is 2.08. The molecule has 0 unspecified atom stereocenters. The van der Waals surface area contributed by atoms with Crippen molar-refractivity contribution in [2.24, 2.45) is 0 Å². The summed E-state index contributed by atoms with van der Waals surface area (Å²) in [7, 11) is 0. The van der Waals surface area contributed by atoms with Crippen LogP contribution in [0.25, 0.3) is 0 Å². The van der Waals surface area contributed by atoms with Gasteiger partial charge in [-0.2, -0.15) is 0 Å². The van der Waals surface area contributed by atoms with Crippen molar-refractivity contribution >= 4 is 29.0 Å². The minimum absolute atomic E-state index is 0.195. The number of rotatable bonds is 7. The van der Waals surface area contributed by atoms with Crippen LogP contribution < -0.4 is 10.6 Å². The summed E-state index contributed by atoms with van der Waals surface area (Å²) in [4.78, 5) is 20.3. The van der Waals surface area contributed by atoms with Crippen molar-refractivity contribution in [2.45, 2.75) is 33.1 Å². The molecule has 0 aliphatic rings. The third-order valence-corrected chi connectivity index (χ3v) is 3.89. The van der Waals surface area contributed by atoms with Gasteiger partial charge < -0.3 is 10.6 Å². The van der Waals surface area contributed by atoms with Crippen molar-refractivity contribution in [3.8, 4) is 0 Å².